The molecule has 0 radical (unpaired) electrons. The van der Waals surface area contributed by atoms with Gasteiger partial charge < -0.3 is 14.2 Å². The molecule has 0 aromatic rings. The molecule has 0 bridgehead atoms. The van der Waals surface area contributed by atoms with E-state index in [-0.39, 0.29) is 31.1 Å². The van der Waals surface area contributed by atoms with Crippen LogP contribution in [0, 0.1) is 0 Å². The molecule has 0 N–H and O–H groups in total. The minimum Gasteiger partial charge on any atom is -0.462 e. The molecule has 0 aromatic heterocycles. The summed E-state index contributed by atoms with van der Waals surface area (Å²) in [5.74, 6) is -0.911. The van der Waals surface area contributed by atoms with Crippen molar-refractivity contribution in [3.8, 4) is 0 Å². The lowest BCUT2D eigenvalue weighted by Crippen LogP contribution is -2.30. The Morgan fingerprint density at radius 3 is 0.926 bits per heavy atom. The zero-order valence-electron chi connectivity index (χ0n) is 45.1. The second kappa shape index (κ2) is 56.7. The Morgan fingerprint density at radius 1 is 0.309 bits per heavy atom. The first kappa shape index (κ1) is 65.1. The maximum Gasteiger partial charge on any atom is 0.306 e. The molecule has 1 unspecified atom stereocenters. The molecule has 0 aliphatic rings. The third-order valence-corrected chi connectivity index (χ3v) is 12.7. The summed E-state index contributed by atoms with van der Waals surface area (Å²) in [6.45, 7) is 6.52. The molecule has 0 saturated carbocycles. The highest BCUT2D eigenvalue weighted by Gasteiger charge is 2.19. The minimum absolute atomic E-state index is 0.0853. The quantitative estimate of drug-likeness (QED) is 0.0262. The first-order valence-corrected chi connectivity index (χ1v) is 29.3. The van der Waals surface area contributed by atoms with Crippen molar-refractivity contribution in [3.05, 3.63) is 60.8 Å². The van der Waals surface area contributed by atoms with Crippen molar-refractivity contribution < 1.29 is 28.6 Å². The van der Waals surface area contributed by atoms with Crippen molar-refractivity contribution in [2.75, 3.05) is 13.2 Å². The van der Waals surface area contributed by atoms with Crippen LogP contribution in [0.4, 0.5) is 0 Å². The van der Waals surface area contributed by atoms with Crippen LogP contribution in [0.1, 0.15) is 297 Å². The fourth-order valence-corrected chi connectivity index (χ4v) is 8.33. The molecule has 0 amide bonds. The molecule has 0 spiro atoms. The van der Waals surface area contributed by atoms with Gasteiger partial charge in [0.15, 0.2) is 6.10 Å². The highest BCUT2D eigenvalue weighted by molar-refractivity contribution is 5.71. The van der Waals surface area contributed by atoms with Crippen LogP contribution in [0.3, 0.4) is 0 Å². The number of ether oxygens (including phenoxy) is 3. The van der Waals surface area contributed by atoms with E-state index in [9.17, 15) is 14.4 Å². The van der Waals surface area contributed by atoms with Crippen LogP contribution in [0.15, 0.2) is 60.8 Å². The molecule has 0 heterocycles. The van der Waals surface area contributed by atoms with Gasteiger partial charge in [-0.2, -0.15) is 0 Å². The fourth-order valence-electron chi connectivity index (χ4n) is 8.33. The first-order valence-electron chi connectivity index (χ1n) is 29.3. The van der Waals surface area contributed by atoms with Crippen LogP contribution in [0.25, 0.3) is 0 Å². The van der Waals surface area contributed by atoms with Crippen molar-refractivity contribution in [3.63, 3.8) is 0 Å². The van der Waals surface area contributed by atoms with Crippen LogP contribution >= 0.6 is 0 Å². The molecule has 1 atom stereocenters. The standard InChI is InChI=1S/C62H110O6/c1-4-7-10-13-16-19-22-25-27-29-31-33-34-37-40-43-46-49-52-55-61(64)67-58-59(57-66-60(63)54-51-48-45-42-39-36-24-21-18-15-12-9-6-3)68-62(65)56-53-50-47-44-41-38-35-32-30-28-26-23-20-17-14-11-8-5-2/h9,12,18,21,25,27-28,30,36,39,59H,4-8,10-11,13-17,19-20,22-24,26,29,31-35,37-38,40-58H2,1-3H3/b12-9-,21-18-,27-25-,30-28-,39-36-. The lowest BCUT2D eigenvalue weighted by atomic mass is 10.1. The molecule has 68 heavy (non-hydrogen) atoms. The van der Waals surface area contributed by atoms with Gasteiger partial charge in [-0.15, -0.1) is 0 Å². The van der Waals surface area contributed by atoms with E-state index in [1.165, 1.54) is 173 Å². The summed E-state index contributed by atoms with van der Waals surface area (Å²) in [7, 11) is 0. The van der Waals surface area contributed by atoms with Crippen molar-refractivity contribution in [1.82, 2.24) is 0 Å². The summed E-state index contributed by atoms with van der Waals surface area (Å²) < 4.78 is 16.8. The van der Waals surface area contributed by atoms with E-state index in [0.29, 0.717) is 19.3 Å². The van der Waals surface area contributed by atoms with E-state index in [2.05, 4.69) is 81.5 Å². The number of carbonyl (C=O) groups is 3. The molecular weight excluding hydrogens is 841 g/mol. The van der Waals surface area contributed by atoms with Crippen LogP contribution < -0.4 is 0 Å². The molecule has 0 rings (SSSR count). The first-order chi connectivity index (χ1) is 33.5. The number of allylic oxidation sites excluding steroid dienone is 10. The van der Waals surface area contributed by atoms with Crippen molar-refractivity contribution in [2.24, 2.45) is 0 Å². The summed E-state index contributed by atoms with van der Waals surface area (Å²) in [4.78, 5) is 38.1. The van der Waals surface area contributed by atoms with E-state index in [4.69, 9.17) is 14.2 Å². The Bertz CT molecular complexity index is 1230. The van der Waals surface area contributed by atoms with E-state index >= 15 is 0 Å². The highest BCUT2D eigenvalue weighted by Crippen LogP contribution is 2.15. The molecular formula is C62H110O6. The lowest BCUT2D eigenvalue weighted by molar-refractivity contribution is -0.167. The van der Waals surface area contributed by atoms with Gasteiger partial charge in [-0.3, -0.25) is 14.4 Å². The van der Waals surface area contributed by atoms with Crippen molar-refractivity contribution in [1.29, 1.82) is 0 Å². The van der Waals surface area contributed by atoms with Gasteiger partial charge >= 0.3 is 17.9 Å². The van der Waals surface area contributed by atoms with Crippen molar-refractivity contribution >= 4 is 17.9 Å². The van der Waals surface area contributed by atoms with Gasteiger partial charge in [-0.25, -0.2) is 0 Å². The number of carbonyl (C=O) groups excluding carboxylic acids is 3. The van der Waals surface area contributed by atoms with Gasteiger partial charge in [0.05, 0.1) is 0 Å². The highest BCUT2D eigenvalue weighted by atomic mass is 16.6. The van der Waals surface area contributed by atoms with E-state index in [1.807, 2.05) is 0 Å². The van der Waals surface area contributed by atoms with E-state index < -0.39 is 6.10 Å². The van der Waals surface area contributed by atoms with Crippen LogP contribution in [-0.2, 0) is 28.6 Å². The van der Waals surface area contributed by atoms with Crippen molar-refractivity contribution in [2.45, 2.75) is 303 Å². The second-order valence-corrected chi connectivity index (χ2v) is 19.5. The topological polar surface area (TPSA) is 78.9 Å². The largest absolute Gasteiger partial charge is 0.462 e. The van der Waals surface area contributed by atoms with Crippen LogP contribution in [0.2, 0.25) is 0 Å². The molecule has 0 fully saturated rings. The number of unbranched alkanes of at least 4 members (excludes halogenated alkanes) is 32. The SMILES string of the molecule is CC/C=C\C/C=C\C/C=C\CCCCCC(=O)OCC(COC(=O)CCCCCCCCCCC/C=C\CCCCCCCC)OC(=O)CCCCCCCCC/C=C\CCCCCCCCC. The zero-order valence-corrected chi connectivity index (χ0v) is 45.1. The van der Waals surface area contributed by atoms with Gasteiger partial charge in [0.25, 0.3) is 0 Å². The van der Waals surface area contributed by atoms with E-state index in [1.54, 1.807) is 0 Å². The number of hydrogen-bond donors (Lipinski definition) is 0. The maximum absolute atomic E-state index is 12.9. The Kier molecular flexibility index (Phi) is 54.3. The Balaban J connectivity index is 4.37. The zero-order chi connectivity index (χ0) is 49.3. The number of esters is 3. The third kappa shape index (κ3) is 54.1. The molecule has 0 aliphatic heterocycles. The Labute approximate surface area is 421 Å². The second-order valence-electron chi connectivity index (χ2n) is 19.5. The number of hydrogen-bond acceptors (Lipinski definition) is 6. The predicted octanol–water partition coefficient (Wildman–Crippen LogP) is 19.6. The van der Waals surface area contributed by atoms with Crippen LogP contribution in [0.5, 0.6) is 0 Å². The van der Waals surface area contributed by atoms with E-state index in [0.717, 1.165) is 83.5 Å². The van der Waals surface area contributed by atoms with Gasteiger partial charge in [-0.1, -0.05) is 236 Å². The average Bonchev–Trinajstić information content (AvgIpc) is 3.34. The third-order valence-electron chi connectivity index (χ3n) is 12.7. The molecule has 6 nitrogen and oxygen atoms in total. The molecule has 0 aliphatic carbocycles. The average molecular weight is 952 g/mol. The van der Waals surface area contributed by atoms with Gasteiger partial charge in [0.1, 0.15) is 13.2 Å². The monoisotopic (exact) mass is 951 g/mol. The molecule has 0 saturated heterocycles. The molecule has 6 heteroatoms. The Morgan fingerprint density at radius 2 is 0.574 bits per heavy atom. The molecule has 0 aromatic carbocycles. The van der Waals surface area contributed by atoms with Gasteiger partial charge in [0, 0.05) is 19.3 Å². The summed E-state index contributed by atoms with van der Waals surface area (Å²) >= 11 is 0. The van der Waals surface area contributed by atoms with Gasteiger partial charge in [-0.05, 0) is 103 Å². The minimum atomic E-state index is -0.789. The van der Waals surface area contributed by atoms with Crippen LogP contribution in [-0.4, -0.2) is 37.2 Å². The predicted molar refractivity (Wildman–Crippen MR) is 293 cm³/mol. The summed E-state index contributed by atoms with van der Waals surface area (Å²) in [6, 6.07) is 0. The smallest absolute Gasteiger partial charge is 0.306 e. The summed E-state index contributed by atoms with van der Waals surface area (Å²) in [6.07, 6.45) is 70.7. The fraction of sp³-hybridized carbons (Fsp3) is 0.790. The summed E-state index contributed by atoms with van der Waals surface area (Å²) in [5, 5.41) is 0. The van der Waals surface area contributed by atoms with Gasteiger partial charge in [0.2, 0.25) is 0 Å². The number of rotatable bonds is 53. The normalized spacial score (nSPS) is 12.5. The molecule has 394 valence electrons. The maximum atomic E-state index is 12.9. The Hall–Kier alpha value is -2.89. The summed E-state index contributed by atoms with van der Waals surface area (Å²) in [5.41, 5.74) is 0. The lowest BCUT2D eigenvalue weighted by Gasteiger charge is -2.18.